The summed E-state index contributed by atoms with van der Waals surface area (Å²) in [4.78, 5) is 10.5. The molecule has 1 rings (SSSR count). The summed E-state index contributed by atoms with van der Waals surface area (Å²) in [5.41, 5.74) is 0. The normalized spacial score (nSPS) is 29.1. The lowest BCUT2D eigenvalue weighted by Crippen LogP contribution is -2.32. The molecule has 1 aliphatic rings. The first kappa shape index (κ1) is 11.7. The van der Waals surface area contributed by atoms with Gasteiger partial charge in [0.25, 0.3) is 0 Å². The molecule has 0 amide bonds. The molecule has 3 nitrogen and oxygen atoms in total. The van der Waals surface area contributed by atoms with Crippen molar-refractivity contribution in [2.45, 2.75) is 31.7 Å². The maximum Gasteiger partial charge on any atom is 0.306 e. The van der Waals surface area contributed by atoms with E-state index in [2.05, 4.69) is 5.32 Å². The Morgan fingerprint density at radius 3 is 2.17 bits per heavy atom. The highest BCUT2D eigenvalue weighted by molar-refractivity contribution is 5.85. The van der Waals surface area contributed by atoms with Crippen LogP contribution in [-0.2, 0) is 4.79 Å². The van der Waals surface area contributed by atoms with Crippen LogP contribution in [0.15, 0.2) is 0 Å². The highest BCUT2D eigenvalue weighted by Crippen LogP contribution is 2.23. The van der Waals surface area contributed by atoms with Gasteiger partial charge >= 0.3 is 5.97 Å². The van der Waals surface area contributed by atoms with Crippen LogP contribution in [0.3, 0.4) is 0 Å². The fraction of sp³-hybridized carbons (Fsp3) is 0.875. The van der Waals surface area contributed by atoms with Crippen LogP contribution >= 0.6 is 12.4 Å². The van der Waals surface area contributed by atoms with Crippen LogP contribution in [0.4, 0.5) is 0 Å². The second-order valence-corrected chi connectivity index (χ2v) is 3.18. The van der Waals surface area contributed by atoms with Crippen LogP contribution in [0.1, 0.15) is 25.7 Å². The second kappa shape index (κ2) is 5.38. The van der Waals surface area contributed by atoms with Crippen LogP contribution < -0.4 is 5.32 Å². The van der Waals surface area contributed by atoms with Crippen LogP contribution in [0.5, 0.6) is 0 Å². The molecule has 0 spiro atoms. The summed E-state index contributed by atoms with van der Waals surface area (Å²) in [6.07, 6.45) is 3.68. The van der Waals surface area contributed by atoms with E-state index < -0.39 is 5.97 Å². The number of hydrogen-bond donors (Lipinski definition) is 2. The summed E-state index contributed by atoms with van der Waals surface area (Å²) in [5, 5.41) is 11.8. The zero-order valence-corrected chi connectivity index (χ0v) is 8.06. The first-order valence-corrected chi connectivity index (χ1v) is 4.14. The molecule has 4 heteroatoms. The molecule has 0 bridgehead atoms. The van der Waals surface area contributed by atoms with Crippen molar-refractivity contribution in [3.05, 3.63) is 0 Å². The molecule has 0 aromatic carbocycles. The Hall–Kier alpha value is -0.280. The summed E-state index contributed by atoms with van der Waals surface area (Å²) in [7, 11) is 1.94. The lowest BCUT2D eigenvalue weighted by Gasteiger charge is -2.25. The van der Waals surface area contributed by atoms with E-state index in [1.165, 1.54) is 0 Å². The van der Waals surface area contributed by atoms with E-state index in [1.54, 1.807) is 0 Å². The SMILES string of the molecule is CNC1CCC(C(=O)O)CC1.Cl. The number of carboxylic acids is 1. The minimum Gasteiger partial charge on any atom is -0.481 e. The van der Waals surface area contributed by atoms with Crippen molar-refractivity contribution in [2.75, 3.05) is 7.05 Å². The predicted molar refractivity (Wildman–Crippen MR) is 49.7 cm³/mol. The third-order valence-electron chi connectivity index (χ3n) is 2.48. The second-order valence-electron chi connectivity index (χ2n) is 3.18. The molecule has 0 heterocycles. The maximum absolute atomic E-state index is 10.5. The number of carbonyl (C=O) groups is 1. The van der Waals surface area contributed by atoms with Gasteiger partial charge in [0.2, 0.25) is 0 Å². The van der Waals surface area contributed by atoms with Gasteiger partial charge in [0, 0.05) is 6.04 Å². The Balaban J connectivity index is 0.00000121. The Labute approximate surface area is 78.9 Å². The Kier molecular flexibility index (Phi) is 5.25. The van der Waals surface area contributed by atoms with Gasteiger partial charge in [0.15, 0.2) is 0 Å². The average Bonchev–Trinajstić information content (AvgIpc) is 2.05. The van der Waals surface area contributed by atoms with E-state index in [-0.39, 0.29) is 18.3 Å². The lowest BCUT2D eigenvalue weighted by atomic mass is 9.86. The fourth-order valence-corrected chi connectivity index (χ4v) is 1.63. The zero-order valence-electron chi connectivity index (χ0n) is 7.25. The van der Waals surface area contributed by atoms with Gasteiger partial charge in [-0.05, 0) is 32.7 Å². The van der Waals surface area contributed by atoms with Crippen molar-refractivity contribution in [3.8, 4) is 0 Å². The zero-order chi connectivity index (χ0) is 8.27. The van der Waals surface area contributed by atoms with Crippen molar-refractivity contribution >= 4 is 18.4 Å². The summed E-state index contributed by atoms with van der Waals surface area (Å²) >= 11 is 0. The Morgan fingerprint density at radius 2 is 1.83 bits per heavy atom. The third-order valence-corrected chi connectivity index (χ3v) is 2.48. The highest BCUT2D eigenvalue weighted by Gasteiger charge is 2.24. The molecular weight excluding hydrogens is 178 g/mol. The molecule has 0 aliphatic heterocycles. The van der Waals surface area contributed by atoms with Crippen LogP contribution in [0.25, 0.3) is 0 Å². The molecule has 0 saturated heterocycles. The lowest BCUT2D eigenvalue weighted by molar-refractivity contribution is -0.142. The first-order valence-electron chi connectivity index (χ1n) is 4.14. The predicted octanol–water partition coefficient (Wildman–Crippen LogP) is 1.27. The van der Waals surface area contributed by atoms with Gasteiger partial charge in [-0.1, -0.05) is 0 Å². The number of carboxylic acid groups (broad SMARTS) is 1. The quantitative estimate of drug-likeness (QED) is 0.695. The minimum atomic E-state index is -0.625. The van der Waals surface area contributed by atoms with Crippen LogP contribution in [0.2, 0.25) is 0 Å². The number of aliphatic carboxylic acids is 1. The monoisotopic (exact) mass is 193 g/mol. The standard InChI is InChI=1S/C8H15NO2.ClH/c1-9-7-4-2-6(3-5-7)8(10)11;/h6-7,9H,2-5H2,1H3,(H,10,11);1H. The van der Waals surface area contributed by atoms with Gasteiger partial charge in [0.1, 0.15) is 0 Å². The summed E-state index contributed by atoms with van der Waals surface area (Å²) in [5.74, 6) is -0.709. The van der Waals surface area contributed by atoms with Crippen molar-refractivity contribution < 1.29 is 9.90 Å². The fourth-order valence-electron chi connectivity index (χ4n) is 1.63. The molecule has 0 radical (unpaired) electrons. The smallest absolute Gasteiger partial charge is 0.306 e. The average molecular weight is 194 g/mol. The highest BCUT2D eigenvalue weighted by atomic mass is 35.5. The molecule has 0 aromatic rings. The molecule has 72 valence electrons. The van der Waals surface area contributed by atoms with E-state index in [9.17, 15) is 4.79 Å². The third kappa shape index (κ3) is 2.99. The van der Waals surface area contributed by atoms with Crippen molar-refractivity contribution in [2.24, 2.45) is 5.92 Å². The molecule has 1 aliphatic carbocycles. The molecule has 0 unspecified atom stereocenters. The topological polar surface area (TPSA) is 49.3 Å². The number of rotatable bonds is 2. The van der Waals surface area contributed by atoms with E-state index in [1.807, 2.05) is 7.05 Å². The van der Waals surface area contributed by atoms with Gasteiger partial charge < -0.3 is 10.4 Å². The number of hydrogen-bond acceptors (Lipinski definition) is 2. The molecular formula is C8H16ClNO2. The van der Waals surface area contributed by atoms with Crippen LogP contribution in [-0.4, -0.2) is 24.2 Å². The molecule has 1 fully saturated rings. The number of nitrogens with one attached hydrogen (secondary N) is 1. The molecule has 1 saturated carbocycles. The maximum atomic E-state index is 10.5. The number of halogens is 1. The molecule has 0 aromatic heterocycles. The largest absolute Gasteiger partial charge is 0.481 e. The van der Waals surface area contributed by atoms with E-state index >= 15 is 0 Å². The summed E-state index contributed by atoms with van der Waals surface area (Å²) in [6.45, 7) is 0. The molecule has 0 atom stereocenters. The van der Waals surface area contributed by atoms with Crippen molar-refractivity contribution in [1.29, 1.82) is 0 Å². The Morgan fingerprint density at radius 1 is 1.33 bits per heavy atom. The van der Waals surface area contributed by atoms with Crippen molar-refractivity contribution in [1.82, 2.24) is 5.32 Å². The molecule has 2 N–H and O–H groups in total. The van der Waals surface area contributed by atoms with Crippen molar-refractivity contribution in [3.63, 3.8) is 0 Å². The van der Waals surface area contributed by atoms with E-state index in [0.717, 1.165) is 25.7 Å². The van der Waals surface area contributed by atoms with Gasteiger partial charge in [-0.3, -0.25) is 4.79 Å². The van der Waals surface area contributed by atoms with Gasteiger partial charge in [-0.25, -0.2) is 0 Å². The van der Waals surface area contributed by atoms with Gasteiger partial charge in [-0.2, -0.15) is 0 Å². The summed E-state index contributed by atoms with van der Waals surface area (Å²) in [6, 6.07) is 0.547. The minimum absolute atomic E-state index is 0. The van der Waals surface area contributed by atoms with E-state index in [0.29, 0.717) is 6.04 Å². The van der Waals surface area contributed by atoms with Gasteiger partial charge in [0.05, 0.1) is 5.92 Å². The Bertz CT molecular complexity index is 144. The van der Waals surface area contributed by atoms with Gasteiger partial charge in [-0.15, -0.1) is 12.4 Å². The van der Waals surface area contributed by atoms with Crippen LogP contribution in [0, 0.1) is 5.92 Å². The first-order chi connectivity index (χ1) is 5.24. The summed E-state index contributed by atoms with van der Waals surface area (Å²) < 4.78 is 0. The molecule has 12 heavy (non-hydrogen) atoms. The van der Waals surface area contributed by atoms with E-state index in [4.69, 9.17) is 5.11 Å².